The molecule has 1 unspecified atom stereocenters. The highest BCUT2D eigenvalue weighted by atomic mass is 79.9. The van der Waals surface area contributed by atoms with Crippen LogP contribution in [0.1, 0.15) is 37.8 Å². The van der Waals surface area contributed by atoms with Crippen molar-refractivity contribution in [3.8, 4) is 5.75 Å². The van der Waals surface area contributed by atoms with Gasteiger partial charge in [-0.2, -0.15) is 0 Å². The molecular weight excluding hydrogens is 316 g/mol. The van der Waals surface area contributed by atoms with Gasteiger partial charge in [0.1, 0.15) is 11.4 Å². The molecule has 1 atom stereocenters. The van der Waals surface area contributed by atoms with Gasteiger partial charge < -0.3 is 15.0 Å². The topological polar surface area (TPSA) is 24.5 Å². The SMILES string of the molecule is CCN1CCC2(CC1)CC(NC)c1cc(Br)ccc1O2. The van der Waals surface area contributed by atoms with Crippen LogP contribution >= 0.6 is 15.9 Å². The number of hydrogen-bond donors (Lipinski definition) is 1. The number of rotatable bonds is 2. The van der Waals surface area contributed by atoms with Gasteiger partial charge in [0.15, 0.2) is 0 Å². The lowest BCUT2D eigenvalue weighted by atomic mass is 9.80. The summed E-state index contributed by atoms with van der Waals surface area (Å²) >= 11 is 3.56. The average molecular weight is 339 g/mol. The Morgan fingerprint density at radius 3 is 2.80 bits per heavy atom. The van der Waals surface area contributed by atoms with Gasteiger partial charge in [-0.3, -0.25) is 0 Å². The Morgan fingerprint density at radius 1 is 1.40 bits per heavy atom. The molecule has 0 amide bonds. The van der Waals surface area contributed by atoms with Crippen molar-refractivity contribution in [3.05, 3.63) is 28.2 Å². The number of benzene rings is 1. The van der Waals surface area contributed by atoms with Crippen molar-refractivity contribution in [2.45, 2.75) is 37.8 Å². The summed E-state index contributed by atoms with van der Waals surface area (Å²) in [5.74, 6) is 1.06. The lowest BCUT2D eigenvalue weighted by Crippen LogP contribution is -2.51. The molecule has 1 N–H and O–H groups in total. The number of ether oxygens (including phenoxy) is 1. The fraction of sp³-hybridized carbons (Fsp3) is 0.625. The van der Waals surface area contributed by atoms with Crippen LogP contribution in [-0.2, 0) is 0 Å². The Hall–Kier alpha value is -0.580. The van der Waals surface area contributed by atoms with Crippen LogP contribution in [0.5, 0.6) is 5.75 Å². The van der Waals surface area contributed by atoms with E-state index < -0.39 is 0 Å². The molecule has 0 aromatic heterocycles. The summed E-state index contributed by atoms with van der Waals surface area (Å²) in [5, 5.41) is 3.47. The Labute approximate surface area is 129 Å². The predicted molar refractivity (Wildman–Crippen MR) is 85.3 cm³/mol. The summed E-state index contributed by atoms with van der Waals surface area (Å²) in [4.78, 5) is 2.51. The first kappa shape index (κ1) is 14.4. The van der Waals surface area contributed by atoms with E-state index in [0.29, 0.717) is 6.04 Å². The van der Waals surface area contributed by atoms with Crippen molar-refractivity contribution in [1.82, 2.24) is 10.2 Å². The molecule has 3 nitrogen and oxygen atoms in total. The van der Waals surface area contributed by atoms with Crippen molar-refractivity contribution in [3.63, 3.8) is 0 Å². The summed E-state index contributed by atoms with van der Waals surface area (Å²) in [6, 6.07) is 6.76. The van der Waals surface area contributed by atoms with Crippen LogP contribution in [-0.4, -0.2) is 37.2 Å². The minimum absolute atomic E-state index is 0.0280. The number of halogens is 1. The van der Waals surface area contributed by atoms with Crippen molar-refractivity contribution >= 4 is 15.9 Å². The summed E-state index contributed by atoms with van der Waals surface area (Å²) < 4.78 is 7.57. The number of nitrogens with one attached hydrogen (secondary N) is 1. The summed E-state index contributed by atoms with van der Waals surface area (Å²) in [7, 11) is 2.05. The summed E-state index contributed by atoms with van der Waals surface area (Å²) in [5.41, 5.74) is 1.31. The number of fused-ring (bicyclic) bond motifs is 1. The van der Waals surface area contributed by atoms with E-state index in [0.717, 1.165) is 49.1 Å². The standard InChI is InChI=1S/C16H23BrN2O/c1-3-19-8-6-16(7-9-19)11-14(18-2)13-10-12(17)4-5-15(13)20-16/h4-5,10,14,18H,3,6-9,11H2,1-2H3. The number of nitrogens with zero attached hydrogens (tertiary/aromatic N) is 1. The van der Waals surface area contributed by atoms with E-state index in [2.05, 4.69) is 58.3 Å². The zero-order valence-corrected chi connectivity index (χ0v) is 13.9. The summed E-state index contributed by atoms with van der Waals surface area (Å²) in [6.45, 7) is 5.69. The fourth-order valence-electron chi connectivity index (χ4n) is 3.48. The molecule has 2 aliphatic rings. The van der Waals surface area contributed by atoms with Gasteiger partial charge in [-0.15, -0.1) is 0 Å². The van der Waals surface area contributed by atoms with Gasteiger partial charge in [0.2, 0.25) is 0 Å². The second-order valence-corrected chi connectivity index (χ2v) is 6.86. The third-order valence-electron chi connectivity index (χ3n) is 4.81. The van der Waals surface area contributed by atoms with Crippen molar-refractivity contribution in [2.75, 3.05) is 26.7 Å². The highest BCUT2D eigenvalue weighted by Gasteiger charge is 2.42. The highest BCUT2D eigenvalue weighted by Crippen LogP contribution is 2.44. The van der Waals surface area contributed by atoms with Crippen LogP contribution in [0.25, 0.3) is 0 Å². The van der Waals surface area contributed by atoms with E-state index >= 15 is 0 Å². The van der Waals surface area contributed by atoms with Gasteiger partial charge in [0, 0.05) is 35.6 Å². The first-order chi connectivity index (χ1) is 9.65. The quantitative estimate of drug-likeness (QED) is 0.894. The van der Waals surface area contributed by atoms with Gasteiger partial charge in [0.25, 0.3) is 0 Å². The fourth-order valence-corrected chi connectivity index (χ4v) is 3.86. The molecule has 1 spiro atoms. The lowest BCUT2D eigenvalue weighted by molar-refractivity contribution is -0.0235. The molecule has 1 fully saturated rings. The minimum atomic E-state index is 0.0280. The molecule has 3 rings (SSSR count). The average Bonchev–Trinajstić information content (AvgIpc) is 2.48. The van der Waals surface area contributed by atoms with Crippen LogP contribution in [0.4, 0.5) is 0 Å². The van der Waals surface area contributed by atoms with E-state index in [1.807, 2.05) is 0 Å². The molecule has 20 heavy (non-hydrogen) atoms. The second-order valence-electron chi connectivity index (χ2n) is 5.95. The maximum atomic E-state index is 6.45. The minimum Gasteiger partial charge on any atom is -0.487 e. The van der Waals surface area contributed by atoms with Crippen LogP contribution in [0, 0.1) is 0 Å². The van der Waals surface area contributed by atoms with Gasteiger partial charge >= 0.3 is 0 Å². The number of hydrogen-bond acceptors (Lipinski definition) is 3. The Bertz CT molecular complexity index is 483. The van der Waals surface area contributed by atoms with Crippen LogP contribution in [0.3, 0.4) is 0 Å². The smallest absolute Gasteiger partial charge is 0.125 e. The summed E-state index contributed by atoms with van der Waals surface area (Å²) in [6.07, 6.45) is 3.34. The van der Waals surface area contributed by atoms with Gasteiger partial charge in [-0.25, -0.2) is 0 Å². The lowest BCUT2D eigenvalue weighted by Gasteiger charge is -2.46. The van der Waals surface area contributed by atoms with Crippen molar-refractivity contribution in [1.29, 1.82) is 0 Å². The van der Waals surface area contributed by atoms with Crippen molar-refractivity contribution in [2.24, 2.45) is 0 Å². The predicted octanol–water partition coefficient (Wildman–Crippen LogP) is 3.35. The van der Waals surface area contributed by atoms with Gasteiger partial charge in [-0.1, -0.05) is 22.9 Å². The van der Waals surface area contributed by atoms with Crippen molar-refractivity contribution < 1.29 is 4.74 Å². The monoisotopic (exact) mass is 338 g/mol. The van der Waals surface area contributed by atoms with E-state index in [1.165, 1.54) is 5.56 Å². The van der Waals surface area contributed by atoms with Crippen LogP contribution in [0.2, 0.25) is 0 Å². The molecule has 0 saturated carbocycles. The molecule has 0 bridgehead atoms. The Balaban J connectivity index is 1.86. The molecule has 0 radical (unpaired) electrons. The van der Waals surface area contributed by atoms with E-state index in [4.69, 9.17) is 4.74 Å². The molecule has 0 aliphatic carbocycles. The molecule has 2 aliphatic heterocycles. The highest BCUT2D eigenvalue weighted by molar-refractivity contribution is 9.10. The molecule has 1 saturated heterocycles. The Kier molecular flexibility index (Phi) is 4.07. The maximum Gasteiger partial charge on any atom is 0.125 e. The third-order valence-corrected chi connectivity index (χ3v) is 5.31. The zero-order valence-electron chi connectivity index (χ0n) is 12.3. The van der Waals surface area contributed by atoms with E-state index in [9.17, 15) is 0 Å². The van der Waals surface area contributed by atoms with Gasteiger partial charge in [0.05, 0.1) is 0 Å². The maximum absolute atomic E-state index is 6.45. The first-order valence-electron chi connectivity index (χ1n) is 7.54. The molecule has 4 heteroatoms. The largest absolute Gasteiger partial charge is 0.487 e. The van der Waals surface area contributed by atoms with Crippen LogP contribution in [0.15, 0.2) is 22.7 Å². The molecular formula is C16H23BrN2O. The first-order valence-corrected chi connectivity index (χ1v) is 8.33. The molecule has 1 aromatic carbocycles. The molecule has 1 aromatic rings. The van der Waals surface area contributed by atoms with E-state index in [-0.39, 0.29) is 5.60 Å². The normalized spacial score (nSPS) is 25.2. The van der Waals surface area contributed by atoms with E-state index in [1.54, 1.807) is 0 Å². The molecule has 2 heterocycles. The second kappa shape index (κ2) is 5.66. The van der Waals surface area contributed by atoms with Crippen LogP contribution < -0.4 is 10.1 Å². The number of piperidine rings is 1. The Morgan fingerprint density at radius 2 is 2.15 bits per heavy atom. The van der Waals surface area contributed by atoms with Gasteiger partial charge in [-0.05, 0) is 44.6 Å². The number of likely N-dealkylation sites (tertiary alicyclic amines) is 1. The third kappa shape index (κ3) is 2.61. The zero-order chi connectivity index (χ0) is 14.2. The molecule has 110 valence electrons.